The highest BCUT2D eigenvalue weighted by Crippen LogP contribution is 2.30. The molecule has 4 aromatic heterocycles. The van der Waals surface area contributed by atoms with E-state index in [-0.39, 0.29) is 18.1 Å². The van der Waals surface area contributed by atoms with Crippen LogP contribution in [-0.4, -0.2) is 84.1 Å². The van der Waals surface area contributed by atoms with E-state index in [4.69, 9.17) is 4.74 Å². The molecular weight excluding hydrogens is 522 g/mol. The molecular formula is C29H31N9O3. The molecule has 2 saturated heterocycles. The van der Waals surface area contributed by atoms with E-state index in [1.807, 2.05) is 37.5 Å². The van der Waals surface area contributed by atoms with Gasteiger partial charge in [0.1, 0.15) is 6.54 Å². The summed E-state index contributed by atoms with van der Waals surface area (Å²) in [5.41, 5.74) is 5.11. The van der Waals surface area contributed by atoms with E-state index >= 15 is 0 Å². The van der Waals surface area contributed by atoms with Crippen LogP contribution in [-0.2, 0) is 23.1 Å². The van der Waals surface area contributed by atoms with Crippen LogP contribution in [0.25, 0.3) is 38.8 Å². The molecule has 0 atom stereocenters. The van der Waals surface area contributed by atoms with Crippen LogP contribution in [0.5, 0.6) is 0 Å². The number of ether oxygens (including phenoxy) is 1. The van der Waals surface area contributed by atoms with E-state index < -0.39 is 0 Å². The van der Waals surface area contributed by atoms with Crippen molar-refractivity contribution in [3.05, 3.63) is 59.2 Å². The maximum atomic E-state index is 13.6. The van der Waals surface area contributed by atoms with Crippen LogP contribution in [0.15, 0.2) is 47.8 Å². The topological polar surface area (TPSA) is 116 Å². The highest BCUT2D eigenvalue weighted by molar-refractivity contribution is 6.04. The minimum absolute atomic E-state index is 0.0233. The Labute approximate surface area is 235 Å². The summed E-state index contributed by atoms with van der Waals surface area (Å²) in [6.45, 7) is 6.15. The zero-order valence-corrected chi connectivity index (χ0v) is 23.2. The lowest BCUT2D eigenvalue weighted by Gasteiger charge is -2.26. The zero-order chi connectivity index (χ0) is 28.1. The fourth-order valence-corrected chi connectivity index (χ4v) is 5.81. The Bertz CT molecular complexity index is 1820. The van der Waals surface area contributed by atoms with Crippen LogP contribution < -0.4 is 10.6 Å². The third-order valence-corrected chi connectivity index (χ3v) is 8.07. The predicted molar refractivity (Wildman–Crippen MR) is 154 cm³/mol. The Morgan fingerprint density at radius 1 is 0.976 bits per heavy atom. The molecule has 210 valence electrons. The summed E-state index contributed by atoms with van der Waals surface area (Å²) in [7, 11) is 1.74. The standard InChI is InChI=1S/C29H31N9O3/c1-19-25(17-37(33-19)18-26(39)35-9-11-41-12-10-35)38-27-22-13-20(5-6-23(22)30-16-24(27)34(2)29(38)40)21-14-31-28(32-15-21)36-7-3-4-8-36/h5-6,13-17H,3-4,7-12,18H2,1-2H3. The number of aromatic nitrogens is 7. The van der Waals surface area contributed by atoms with Crippen molar-refractivity contribution in [2.75, 3.05) is 44.3 Å². The summed E-state index contributed by atoms with van der Waals surface area (Å²) < 4.78 is 10.2. The van der Waals surface area contributed by atoms with Crippen molar-refractivity contribution in [1.29, 1.82) is 0 Å². The number of nitrogens with zero attached hydrogens (tertiary/aromatic N) is 9. The van der Waals surface area contributed by atoms with Gasteiger partial charge < -0.3 is 14.5 Å². The van der Waals surface area contributed by atoms with Gasteiger partial charge in [-0.1, -0.05) is 6.07 Å². The van der Waals surface area contributed by atoms with Crippen LogP contribution >= 0.6 is 0 Å². The molecule has 12 nitrogen and oxygen atoms in total. The minimum Gasteiger partial charge on any atom is -0.378 e. The molecule has 7 rings (SSSR count). The molecule has 0 N–H and O–H groups in total. The van der Waals surface area contributed by atoms with Gasteiger partial charge in [-0.3, -0.25) is 23.6 Å². The Morgan fingerprint density at radius 2 is 1.73 bits per heavy atom. The Hall–Kier alpha value is -4.58. The largest absolute Gasteiger partial charge is 0.378 e. The quantitative estimate of drug-likeness (QED) is 0.326. The van der Waals surface area contributed by atoms with E-state index in [1.54, 1.807) is 38.2 Å². The summed E-state index contributed by atoms with van der Waals surface area (Å²) in [4.78, 5) is 44.4. The van der Waals surface area contributed by atoms with E-state index in [0.29, 0.717) is 43.2 Å². The zero-order valence-electron chi connectivity index (χ0n) is 23.2. The lowest BCUT2D eigenvalue weighted by Crippen LogP contribution is -2.42. The molecule has 0 aliphatic carbocycles. The van der Waals surface area contributed by atoms with Crippen molar-refractivity contribution < 1.29 is 9.53 Å². The van der Waals surface area contributed by atoms with Crippen LogP contribution in [0.4, 0.5) is 5.95 Å². The number of anilines is 1. The number of pyridine rings is 1. The van der Waals surface area contributed by atoms with Gasteiger partial charge in [0, 0.05) is 56.6 Å². The summed E-state index contributed by atoms with van der Waals surface area (Å²) in [6, 6.07) is 6.00. The van der Waals surface area contributed by atoms with Gasteiger partial charge in [0.05, 0.1) is 53.5 Å². The number of amides is 1. The number of rotatable bonds is 5. The first kappa shape index (κ1) is 25.4. The molecule has 2 aliphatic heterocycles. The van der Waals surface area contributed by atoms with Gasteiger partial charge in [-0.25, -0.2) is 14.8 Å². The highest BCUT2D eigenvalue weighted by Gasteiger charge is 2.22. The number of hydrogen-bond donors (Lipinski definition) is 0. The number of aryl methyl sites for hydroxylation is 2. The van der Waals surface area contributed by atoms with Gasteiger partial charge in [-0.15, -0.1) is 0 Å². The second kappa shape index (κ2) is 10.1. The number of morpholine rings is 1. The number of carbonyl (C=O) groups is 1. The molecule has 5 aromatic rings. The number of imidazole rings is 1. The second-order valence-electron chi connectivity index (χ2n) is 10.7. The average molecular weight is 554 g/mol. The maximum Gasteiger partial charge on any atom is 0.333 e. The van der Waals surface area contributed by atoms with Crippen LogP contribution in [0.1, 0.15) is 18.5 Å². The van der Waals surface area contributed by atoms with Gasteiger partial charge >= 0.3 is 5.69 Å². The average Bonchev–Trinajstić information content (AvgIpc) is 3.72. The Morgan fingerprint density at radius 3 is 2.49 bits per heavy atom. The molecule has 0 bridgehead atoms. The molecule has 1 aromatic carbocycles. The van der Waals surface area contributed by atoms with Crippen molar-refractivity contribution in [3.63, 3.8) is 0 Å². The third-order valence-electron chi connectivity index (χ3n) is 8.07. The van der Waals surface area contributed by atoms with Crippen LogP contribution in [0.2, 0.25) is 0 Å². The first-order valence-corrected chi connectivity index (χ1v) is 14.0. The minimum atomic E-state index is -0.208. The molecule has 12 heteroatoms. The number of fused-ring (bicyclic) bond motifs is 3. The second-order valence-corrected chi connectivity index (χ2v) is 10.7. The molecule has 2 fully saturated rings. The van der Waals surface area contributed by atoms with Gasteiger partial charge in [0.15, 0.2) is 0 Å². The van der Waals surface area contributed by atoms with Crippen molar-refractivity contribution in [2.24, 2.45) is 7.05 Å². The summed E-state index contributed by atoms with van der Waals surface area (Å²) in [5, 5.41) is 5.43. The van der Waals surface area contributed by atoms with E-state index in [1.165, 1.54) is 12.8 Å². The fourth-order valence-electron chi connectivity index (χ4n) is 5.81. The maximum absolute atomic E-state index is 13.6. The van der Waals surface area contributed by atoms with Crippen molar-refractivity contribution in [2.45, 2.75) is 26.3 Å². The smallest absolute Gasteiger partial charge is 0.333 e. The van der Waals surface area contributed by atoms with Crippen LogP contribution in [0.3, 0.4) is 0 Å². The SMILES string of the molecule is Cc1nn(CC(=O)N2CCOCC2)cc1-n1c(=O)n(C)c2cnc3ccc(-c4cnc(N5CCCC5)nc4)cc3c21. The molecule has 6 heterocycles. The molecule has 0 spiro atoms. The van der Waals surface area contributed by atoms with Crippen LogP contribution in [0, 0.1) is 6.92 Å². The first-order chi connectivity index (χ1) is 20.0. The van der Waals surface area contributed by atoms with E-state index in [2.05, 4.69) is 25.0 Å². The fraction of sp³-hybridized carbons (Fsp3) is 0.379. The predicted octanol–water partition coefficient (Wildman–Crippen LogP) is 2.30. The van der Waals surface area contributed by atoms with E-state index in [0.717, 1.165) is 46.6 Å². The molecule has 1 amide bonds. The number of hydrogen-bond acceptors (Lipinski definition) is 8. The molecule has 0 unspecified atom stereocenters. The lowest BCUT2D eigenvalue weighted by molar-refractivity contribution is -0.136. The van der Waals surface area contributed by atoms with Gasteiger partial charge in [0.2, 0.25) is 11.9 Å². The highest BCUT2D eigenvalue weighted by atomic mass is 16.5. The first-order valence-electron chi connectivity index (χ1n) is 14.0. The van der Waals surface area contributed by atoms with Gasteiger partial charge in [-0.2, -0.15) is 5.10 Å². The summed E-state index contributed by atoms with van der Waals surface area (Å²) in [5.74, 6) is 0.734. The normalized spacial score (nSPS) is 15.9. The molecule has 0 radical (unpaired) electrons. The monoisotopic (exact) mass is 553 g/mol. The number of benzene rings is 1. The molecule has 2 aliphatic rings. The third kappa shape index (κ3) is 4.44. The van der Waals surface area contributed by atoms with Crippen molar-refractivity contribution in [1.82, 2.24) is 38.8 Å². The van der Waals surface area contributed by atoms with Crippen molar-refractivity contribution >= 4 is 33.8 Å². The van der Waals surface area contributed by atoms with Gasteiger partial charge in [-0.05, 0) is 37.5 Å². The molecule has 0 saturated carbocycles. The summed E-state index contributed by atoms with van der Waals surface area (Å²) >= 11 is 0. The van der Waals surface area contributed by atoms with E-state index in [9.17, 15) is 9.59 Å². The Balaban J connectivity index is 1.30. The van der Waals surface area contributed by atoms with Crippen molar-refractivity contribution in [3.8, 4) is 16.8 Å². The Kier molecular flexibility index (Phi) is 6.26. The lowest BCUT2D eigenvalue weighted by atomic mass is 10.1. The summed E-state index contributed by atoms with van der Waals surface area (Å²) in [6.07, 6.45) is 9.54. The number of carbonyl (C=O) groups excluding carboxylic acids is 1. The molecule has 41 heavy (non-hydrogen) atoms. The van der Waals surface area contributed by atoms with Gasteiger partial charge in [0.25, 0.3) is 0 Å².